The highest BCUT2D eigenvalue weighted by Crippen LogP contribution is 2.27. The van der Waals surface area contributed by atoms with E-state index in [0.29, 0.717) is 0 Å². The molecule has 1 saturated carbocycles. The van der Waals surface area contributed by atoms with Crippen molar-refractivity contribution < 1.29 is 0 Å². The van der Waals surface area contributed by atoms with Gasteiger partial charge in [-0.25, -0.2) is 0 Å². The zero-order chi connectivity index (χ0) is 14.1. The highest BCUT2D eigenvalue weighted by atomic mass is 15.1. The van der Waals surface area contributed by atoms with E-state index < -0.39 is 0 Å². The van der Waals surface area contributed by atoms with Crippen LogP contribution < -0.4 is 5.73 Å². The van der Waals surface area contributed by atoms with E-state index in [4.69, 9.17) is 5.73 Å². The Labute approximate surface area is 121 Å². The van der Waals surface area contributed by atoms with Crippen LogP contribution in [0.25, 0.3) is 0 Å². The molecule has 0 aliphatic heterocycles. The van der Waals surface area contributed by atoms with Crippen molar-refractivity contribution in [3.8, 4) is 0 Å². The fourth-order valence-electron chi connectivity index (χ4n) is 3.57. The molecule has 0 radical (unpaired) electrons. The Morgan fingerprint density at radius 1 is 1.11 bits per heavy atom. The molecule has 1 aliphatic carbocycles. The third-order valence-electron chi connectivity index (χ3n) is 5.00. The van der Waals surface area contributed by atoms with Crippen LogP contribution in [0.1, 0.15) is 71.6 Å². The third kappa shape index (κ3) is 6.76. The maximum Gasteiger partial charge on any atom is 0.00924 e. The van der Waals surface area contributed by atoms with Crippen LogP contribution >= 0.6 is 0 Å². The molecule has 0 aromatic rings. The van der Waals surface area contributed by atoms with Gasteiger partial charge in [0.25, 0.3) is 0 Å². The van der Waals surface area contributed by atoms with Gasteiger partial charge in [0.05, 0.1) is 0 Å². The van der Waals surface area contributed by atoms with E-state index in [9.17, 15) is 0 Å². The van der Waals surface area contributed by atoms with Crippen LogP contribution in [0.3, 0.4) is 0 Å². The van der Waals surface area contributed by atoms with E-state index >= 15 is 0 Å². The highest BCUT2D eigenvalue weighted by molar-refractivity contribution is 4.76. The van der Waals surface area contributed by atoms with E-state index in [1.165, 1.54) is 64.3 Å². The molecule has 0 spiro atoms. The summed E-state index contributed by atoms with van der Waals surface area (Å²) in [5.41, 5.74) is 5.71. The van der Waals surface area contributed by atoms with Crippen LogP contribution in [0, 0.1) is 11.8 Å². The second kappa shape index (κ2) is 9.77. The molecular formula is C17H36N2. The molecule has 1 unspecified atom stereocenters. The maximum absolute atomic E-state index is 5.71. The molecule has 0 saturated heterocycles. The van der Waals surface area contributed by atoms with Crippen molar-refractivity contribution >= 4 is 0 Å². The first kappa shape index (κ1) is 17.0. The summed E-state index contributed by atoms with van der Waals surface area (Å²) < 4.78 is 0. The Morgan fingerprint density at radius 2 is 1.79 bits per heavy atom. The molecule has 1 rings (SSSR count). The fraction of sp³-hybridized carbons (Fsp3) is 1.00. The molecule has 1 aliphatic rings. The van der Waals surface area contributed by atoms with Crippen LogP contribution in [-0.4, -0.2) is 31.1 Å². The van der Waals surface area contributed by atoms with Crippen LogP contribution in [0.4, 0.5) is 0 Å². The first-order valence-electron chi connectivity index (χ1n) is 8.57. The second-order valence-electron chi connectivity index (χ2n) is 6.77. The van der Waals surface area contributed by atoms with Gasteiger partial charge < -0.3 is 10.6 Å². The van der Waals surface area contributed by atoms with Crippen LogP contribution in [-0.2, 0) is 0 Å². The van der Waals surface area contributed by atoms with Crippen molar-refractivity contribution in [3.63, 3.8) is 0 Å². The minimum Gasteiger partial charge on any atom is -0.330 e. The molecule has 0 heterocycles. The summed E-state index contributed by atoms with van der Waals surface area (Å²) in [4.78, 5) is 2.62. The summed E-state index contributed by atoms with van der Waals surface area (Å²) in [5.74, 6) is 1.83. The summed E-state index contributed by atoms with van der Waals surface area (Å²) in [5, 5.41) is 0. The topological polar surface area (TPSA) is 29.3 Å². The van der Waals surface area contributed by atoms with Gasteiger partial charge in [-0.1, -0.05) is 26.7 Å². The van der Waals surface area contributed by atoms with E-state index in [-0.39, 0.29) is 0 Å². The molecule has 2 N–H and O–H groups in total. The van der Waals surface area contributed by atoms with E-state index in [1.807, 2.05) is 0 Å². The lowest BCUT2D eigenvalue weighted by atomic mass is 9.86. The van der Waals surface area contributed by atoms with Gasteiger partial charge in [-0.05, 0) is 76.9 Å². The molecule has 0 aromatic heterocycles. The Kier molecular flexibility index (Phi) is 8.72. The van der Waals surface area contributed by atoms with Crippen molar-refractivity contribution in [1.29, 1.82) is 0 Å². The lowest BCUT2D eigenvalue weighted by Gasteiger charge is -2.33. The quantitative estimate of drug-likeness (QED) is 0.684. The average molecular weight is 268 g/mol. The second-order valence-corrected chi connectivity index (χ2v) is 6.77. The van der Waals surface area contributed by atoms with Gasteiger partial charge in [-0.2, -0.15) is 0 Å². The normalized spacial score (nSPS) is 25.7. The number of nitrogens with zero attached hydrogens (tertiary/aromatic N) is 1. The van der Waals surface area contributed by atoms with E-state index in [1.54, 1.807) is 0 Å². The van der Waals surface area contributed by atoms with Crippen LogP contribution in [0.5, 0.6) is 0 Å². The monoisotopic (exact) mass is 268 g/mol. The predicted molar refractivity (Wildman–Crippen MR) is 85.4 cm³/mol. The van der Waals surface area contributed by atoms with Crippen molar-refractivity contribution in [2.24, 2.45) is 17.6 Å². The number of rotatable bonds is 9. The largest absolute Gasteiger partial charge is 0.330 e. The minimum atomic E-state index is 0.857. The molecule has 1 atom stereocenters. The Balaban J connectivity index is 2.16. The van der Waals surface area contributed by atoms with Gasteiger partial charge in [0.15, 0.2) is 0 Å². The molecule has 0 aromatic carbocycles. The third-order valence-corrected chi connectivity index (χ3v) is 5.00. The predicted octanol–water partition coefficient (Wildman–Crippen LogP) is 4.04. The van der Waals surface area contributed by atoms with Crippen LogP contribution in [0.15, 0.2) is 0 Å². The smallest absolute Gasteiger partial charge is 0.00924 e. The zero-order valence-electron chi connectivity index (χ0n) is 13.5. The molecular weight excluding hydrogens is 232 g/mol. The lowest BCUT2D eigenvalue weighted by Crippen LogP contribution is -2.35. The standard InChI is InChI=1S/C17H36N2/c1-4-6-16(12-13-18)7-5-14-19(3)17-10-8-15(2)9-11-17/h15-17H,4-14,18H2,1-3H3. The van der Waals surface area contributed by atoms with E-state index in [0.717, 1.165) is 24.4 Å². The average Bonchev–Trinajstić information content (AvgIpc) is 2.40. The summed E-state index contributed by atoms with van der Waals surface area (Å²) >= 11 is 0. The van der Waals surface area contributed by atoms with E-state index in [2.05, 4.69) is 25.8 Å². The van der Waals surface area contributed by atoms with Crippen molar-refractivity contribution in [2.45, 2.75) is 77.7 Å². The Bertz CT molecular complexity index is 203. The van der Waals surface area contributed by atoms with Crippen LogP contribution in [0.2, 0.25) is 0 Å². The molecule has 1 fully saturated rings. The first-order chi connectivity index (χ1) is 9.17. The Hall–Kier alpha value is -0.0800. The van der Waals surface area contributed by atoms with Gasteiger partial charge in [-0.15, -0.1) is 0 Å². The molecule has 2 heteroatoms. The maximum atomic E-state index is 5.71. The van der Waals surface area contributed by atoms with Gasteiger partial charge in [0.1, 0.15) is 0 Å². The van der Waals surface area contributed by atoms with Crippen molar-refractivity contribution in [1.82, 2.24) is 4.90 Å². The highest BCUT2D eigenvalue weighted by Gasteiger charge is 2.21. The van der Waals surface area contributed by atoms with Gasteiger partial charge in [-0.3, -0.25) is 0 Å². The lowest BCUT2D eigenvalue weighted by molar-refractivity contribution is 0.165. The molecule has 19 heavy (non-hydrogen) atoms. The minimum absolute atomic E-state index is 0.857. The number of hydrogen-bond donors (Lipinski definition) is 1. The zero-order valence-corrected chi connectivity index (χ0v) is 13.5. The van der Waals surface area contributed by atoms with Gasteiger partial charge >= 0.3 is 0 Å². The van der Waals surface area contributed by atoms with Gasteiger partial charge in [0, 0.05) is 6.04 Å². The summed E-state index contributed by atoms with van der Waals surface area (Å²) in [7, 11) is 2.33. The molecule has 0 amide bonds. The Morgan fingerprint density at radius 3 is 2.37 bits per heavy atom. The fourth-order valence-corrected chi connectivity index (χ4v) is 3.57. The summed E-state index contributed by atoms with van der Waals surface area (Å²) in [6.45, 7) is 6.84. The molecule has 0 bridgehead atoms. The summed E-state index contributed by atoms with van der Waals surface area (Å²) in [6.07, 6.45) is 12.3. The van der Waals surface area contributed by atoms with Crippen molar-refractivity contribution in [2.75, 3.05) is 20.1 Å². The van der Waals surface area contributed by atoms with Gasteiger partial charge in [0.2, 0.25) is 0 Å². The summed E-state index contributed by atoms with van der Waals surface area (Å²) in [6, 6.07) is 0.857. The number of nitrogens with two attached hydrogens (primary N) is 1. The molecule has 2 nitrogen and oxygen atoms in total. The molecule has 114 valence electrons. The number of hydrogen-bond acceptors (Lipinski definition) is 2. The first-order valence-corrected chi connectivity index (χ1v) is 8.57. The van der Waals surface area contributed by atoms with Crippen molar-refractivity contribution in [3.05, 3.63) is 0 Å². The SMILES string of the molecule is CCCC(CCN)CCCN(C)C1CCC(C)CC1.